The predicted molar refractivity (Wildman–Crippen MR) is 58.0 cm³/mol. The summed E-state index contributed by atoms with van der Waals surface area (Å²) in [6.45, 7) is 3.72. The van der Waals surface area contributed by atoms with Crippen LogP contribution in [0, 0.1) is 12.7 Å². The average molecular weight is 226 g/mol. The van der Waals surface area contributed by atoms with Crippen molar-refractivity contribution in [1.82, 2.24) is 0 Å². The maximum atomic E-state index is 13.2. The summed E-state index contributed by atoms with van der Waals surface area (Å²) in [4.78, 5) is 11.3. The molecule has 0 aliphatic rings. The molecule has 0 aromatic heterocycles. The number of carbonyl (C=O) groups is 1. The molecule has 0 bridgehead atoms. The summed E-state index contributed by atoms with van der Waals surface area (Å²) in [6.07, 6.45) is 0.0954. The van der Waals surface area contributed by atoms with Gasteiger partial charge in [-0.15, -0.1) is 0 Å². The number of halogens is 1. The second-order valence-corrected chi connectivity index (χ2v) is 3.40. The normalized spacial score (nSPS) is 10.0. The van der Waals surface area contributed by atoms with E-state index in [9.17, 15) is 9.18 Å². The van der Waals surface area contributed by atoms with Gasteiger partial charge in [-0.2, -0.15) is 0 Å². The number of hydrogen-bond donors (Lipinski definition) is 0. The van der Waals surface area contributed by atoms with Crippen molar-refractivity contribution in [3.63, 3.8) is 0 Å². The molecule has 1 aromatic rings. The summed E-state index contributed by atoms with van der Waals surface area (Å²) in [7, 11) is 1.44. The number of benzene rings is 1. The number of aryl methyl sites for hydroxylation is 1. The number of carbonyl (C=O) groups excluding carboxylic acids is 1. The van der Waals surface area contributed by atoms with Crippen LogP contribution in [-0.4, -0.2) is 19.7 Å². The molecule has 3 nitrogen and oxygen atoms in total. The molecule has 0 radical (unpaired) electrons. The summed E-state index contributed by atoms with van der Waals surface area (Å²) in [6, 6.07) is 2.88. The molecule has 1 aromatic carbocycles. The van der Waals surface area contributed by atoms with Gasteiger partial charge >= 0.3 is 5.97 Å². The van der Waals surface area contributed by atoms with Gasteiger partial charge in [-0.05, 0) is 25.5 Å². The Labute approximate surface area is 94.2 Å². The Morgan fingerprint density at radius 1 is 1.44 bits per heavy atom. The lowest BCUT2D eigenvalue weighted by molar-refractivity contribution is -0.142. The lowest BCUT2D eigenvalue weighted by atomic mass is 10.1. The highest BCUT2D eigenvalue weighted by Crippen LogP contribution is 2.23. The third-order valence-corrected chi connectivity index (χ3v) is 2.20. The van der Waals surface area contributed by atoms with Crippen molar-refractivity contribution in [2.45, 2.75) is 20.3 Å². The van der Waals surface area contributed by atoms with Crippen molar-refractivity contribution in [2.24, 2.45) is 0 Å². The van der Waals surface area contributed by atoms with Gasteiger partial charge in [0.1, 0.15) is 11.6 Å². The van der Waals surface area contributed by atoms with Crippen LogP contribution in [0.15, 0.2) is 12.1 Å². The SMILES string of the molecule is CCOC(=O)Cc1cc(C)c(F)cc1OC. The maximum Gasteiger partial charge on any atom is 0.310 e. The molecule has 88 valence electrons. The van der Waals surface area contributed by atoms with Gasteiger partial charge in [0.2, 0.25) is 0 Å². The van der Waals surface area contributed by atoms with E-state index in [4.69, 9.17) is 9.47 Å². The van der Waals surface area contributed by atoms with Crippen molar-refractivity contribution < 1.29 is 18.7 Å². The van der Waals surface area contributed by atoms with Crippen LogP contribution >= 0.6 is 0 Å². The van der Waals surface area contributed by atoms with Crippen molar-refractivity contribution >= 4 is 5.97 Å². The summed E-state index contributed by atoms with van der Waals surface area (Å²) >= 11 is 0. The monoisotopic (exact) mass is 226 g/mol. The van der Waals surface area contributed by atoms with Crippen molar-refractivity contribution in [3.05, 3.63) is 29.1 Å². The van der Waals surface area contributed by atoms with Gasteiger partial charge in [-0.3, -0.25) is 4.79 Å². The second-order valence-electron chi connectivity index (χ2n) is 3.40. The fourth-order valence-corrected chi connectivity index (χ4v) is 1.42. The molecule has 0 spiro atoms. The van der Waals surface area contributed by atoms with Crippen molar-refractivity contribution in [1.29, 1.82) is 0 Å². The number of esters is 1. The second kappa shape index (κ2) is 5.49. The molecule has 0 heterocycles. The Bertz CT molecular complexity index is 388. The predicted octanol–water partition coefficient (Wildman–Crippen LogP) is 2.25. The maximum absolute atomic E-state index is 13.2. The lowest BCUT2D eigenvalue weighted by Gasteiger charge is -2.09. The highest BCUT2D eigenvalue weighted by atomic mass is 19.1. The van der Waals surface area contributed by atoms with Crippen LogP contribution in [0.3, 0.4) is 0 Å². The fraction of sp³-hybridized carbons (Fsp3) is 0.417. The molecular weight excluding hydrogens is 211 g/mol. The van der Waals surface area contributed by atoms with E-state index in [0.717, 1.165) is 0 Å². The standard InChI is InChI=1S/C12H15FO3/c1-4-16-12(14)6-9-5-8(2)10(13)7-11(9)15-3/h5,7H,4,6H2,1-3H3. The van der Waals surface area contributed by atoms with Crippen LogP contribution in [-0.2, 0) is 16.0 Å². The smallest absolute Gasteiger partial charge is 0.310 e. The quantitative estimate of drug-likeness (QED) is 0.739. The highest BCUT2D eigenvalue weighted by molar-refractivity contribution is 5.73. The Hall–Kier alpha value is -1.58. The van der Waals surface area contributed by atoms with E-state index in [1.54, 1.807) is 19.9 Å². The topological polar surface area (TPSA) is 35.5 Å². The molecule has 1 rings (SSSR count). The van der Waals surface area contributed by atoms with Gasteiger partial charge in [0, 0.05) is 11.6 Å². The van der Waals surface area contributed by atoms with E-state index in [0.29, 0.717) is 23.5 Å². The van der Waals surface area contributed by atoms with E-state index >= 15 is 0 Å². The van der Waals surface area contributed by atoms with E-state index < -0.39 is 0 Å². The van der Waals surface area contributed by atoms with Crippen molar-refractivity contribution in [2.75, 3.05) is 13.7 Å². The molecule has 0 amide bonds. The number of methoxy groups -OCH3 is 1. The molecule has 0 atom stereocenters. The number of ether oxygens (including phenoxy) is 2. The van der Waals surface area contributed by atoms with Gasteiger partial charge in [0.05, 0.1) is 20.1 Å². The van der Waals surface area contributed by atoms with Gasteiger partial charge in [0.25, 0.3) is 0 Å². The molecule has 0 unspecified atom stereocenters. The summed E-state index contributed by atoms with van der Waals surface area (Å²) in [5.41, 5.74) is 1.12. The van der Waals surface area contributed by atoms with Gasteiger partial charge < -0.3 is 9.47 Å². The zero-order valence-electron chi connectivity index (χ0n) is 9.67. The first-order valence-corrected chi connectivity index (χ1v) is 5.07. The molecule has 0 aliphatic heterocycles. The average Bonchev–Trinajstić information content (AvgIpc) is 2.23. The number of rotatable bonds is 4. The van der Waals surface area contributed by atoms with Crippen LogP contribution in [0.4, 0.5) is 4.39 Å². The number of hydrogen-bond acceptors (Lipinski definition) is 3. The molecule has 0 N–H and O–H groups in total. The van der Waals surface area contributed by atoms with Gasteiger partial charge in [-0.25, -0.2) is 4.39 Å². The van der Waals surface area contributed by atoms with Crippen LogP contribution in [0.2, 0.25) is 0 Å². The minimum absolute atomic E-state index is 0.0954. The largest absolute Gasteiger partial charge is 0.496 e. The van der Waals surface area contributed by atoms with E-state index in [2.05, 4.69) is 0 Å². The van der Waals surface area contributed by atoms with Crippen LogP contribution in [0.1, 0.15) is 18.1 Å². The Kier molecular flexibility index (Phi) is 4.28. The first kappa shape index (κ1) is 12.5. The van der Waals surface area contributed by atoms with Crippen LogP contribution in [0.25, 0.3) is 0 Å². The summed E-state index contributed by atoms with van der Waals surface area (Å²) < 4.78 is 23.1. The minimum Gasteiger partial charge on any atom is -0.496 e. The van der Waals surface area contributed by atoms with Crippen LogP contribution in [0.5, 0.6) is 5.75 Å². The Morgan fingerprint density at radius 2 is 2.12 bits per heavy atom. The lowest BCUT2D eigenvalue weighted by Crippen LogP contribution is -2.09. The zero-order valence-corrected chi connectivity index (χ0v) is 9.67. The van der Waals surface area contributed by atoms with E-state index in [1.807, 2.05) is 0 Å². The van der Waals surface area contributed by atoms with E-state index in [-0.39, 0.29) is 18.2 Å². The Balaban J connectivity index is 2.94. The fourth-order valence-electron chi connectivity index (χ4n) is 1.42. The summed E-state index contributed by atoms with van der Waals surface area (Å²) in [5.74, 6) is -0.313. The highest BCUT2D eigenvalue weighted by Gasteiger charge is 2.12. The molecule has 16 heavy (non-hydrogen) atoms. The first-order valence-electron chi connectivity index (χ1n) is 5.07. The third kappa shape index (κ3) is 2.95. The molecule has 4 heteroatoms. The van der Waals surface area contributed by atoms with Gasteiger partial charge in [-0.1, -0.05) is 0 Å². The van der Waals surface area contributed by atoms with Crippen molar-refractivity contribution in [3.8, 4) is 5.75 Å². The van der Waals surface area contributed by atoms with E-state index in [1.165, 1.54) is 13.2 Å². The third-order valence-electron chi connectivity index (χ3n) is 2.20. The molecule has 0 fully saturated rings. The minimum atomic E-state index is -0.343. The summed E-state index contributed by atoms with van der Waals surface area (Å²) in [5, 5.41) is 0. The Morgan fingerprint density at radius 3 is 2.69 bits per heavy atom. The molecule has 0 aliphatic carbocycles. The van der Waals surface area contributed by atoms with Gasteiger partial charge in [0.15, 0.2) is 0 Å². The zero-order chi connectivity index (χ0) is 12.1. The first-order chi connectivity index (χ1) is 7.58. The molecular formula is C12H15FO3. The molecule has 0 saturated carbocycles. The molecule has 0 saturated heterocycles. The van der Waals surface area contributed by atoms with Crippen LogP contribution < -0.4 is 4.74 Å².